The second-order valence-corrected chi connectivity index (χ2v) is 6.41. The SMILES string of the molecule is Cc1nc(Nc2cc([N+](=O)[O-])ccc2Br)sc1CCC(=O)O. The summed E-state index contributed by atoms with van der Waals surface area (Å²) in [5, 5.41) is 23.1. The Bertz CT molecular complexity index is 732. The summed E-state index contributed by atoms with van der Waals surface area (Å²) in [6, 6.07) is 4.41. The predicted octanol–water partition coefficient (Wildman–Crippen LogP) is 3.88. The number of carboxylic acid groups (broad SMARTS) is 1. The number of hydrogen-bond donors (Lipinski definition) is 2. The van der Waals surface area contributed by atoms with E-state index in [4.69, 9.17) is 5.11 Å². The van der Waals surface area contributed by atoms with Crippen LogP contribution in [-0.2, 0) is 11.2 Å². The van der Waals surface area contributed by atoms with Crippen molar-refractivity contribution in [3.63, 3.8) is 0 Å². The summed E-state index contributed by atoms with van der Waals surface area (Å²) in [6.07, 6.45) is 0.458. The average molecular weight is 386 g/mol. The number of aliphatic carboxylic acids is 1. The normalized spacial score (nSPS) is 10.5. The van der Waals surface area contributed by atoms with E-state index in [-0.39, 0.29) is 12.1 Å². The summed E-state index contributed by atoms with van der Waals surface area (Å²) in [7, 11) is 0. The maximum absolute atomic E-state index is 10.8. The Kier molecular flexibility index (Phi) is 5.09. The number of aromatic nitrogens is 1. The van der Waals surface area contributed by atoms with Gasteiger partial charge in [0.2, 0.25) is 0 Å². The van der Waals surface area contributed by atoms with Gasteiger partial charge in [-0.25, -0.2) is 4.98 Å². The van der Waals surface area contributed by atoms with E-state index in [0.717, 1.165) is 10.6 Å². The van der Waals surface area contributed by atoms with E-state index in [1.807, 2.05) is 0 Å². The highest BCUT2D eigenvalue weighted by Crippen LogP contribution is 2.32. The number of thiazole rings is 1. The number of non-ortho nitro benzene ring substituents is 1. The number of nitrogens with zero attached hydrogens (tertiary/aromatic N) is 2. The van der Waals surface area contributed by atoms with Crippen LogP contribution in [0, 0.1) is 17.0 Å². The van der Waals surface area contributed by atoms with Crippen LogP contribution in [0.15, 0.2) is 22.7 Å². The van der Waals surface area contributed by atoms with E-state index < -0.39 is 10.9 Å². The first-order chi connectivity index (χ1) is 10.4. The van der Waals surface area contributed by atoms with Crippen molar-refractivity contribution in [2.45, 2.75) is 19.8 Å². The minimum Gasteiger partial charge on any atom is -0.481 e. The van der Waals surface area contributed by atoms with Crippen molar-refractivity contribution in [3.8, 4) is 0 Å². The molecule has 0 aliphatic heterocycles. The molecule has 22 heavy (non-hydrogen) atoms. The van der Waals surface area contributed by atoms with Crippen molar-refractivity contribution in [2.24, 2.45) is 0 Å². The fourth-order valence-corrected chi connectivity index (χ4v) is 3.09. The van der Waals surface area contributed by atoms with Crippen LogP contribution in [0.2, 0.25) is 0 Å². The number of nitrogens with one attached hydrogen (secondary N) is 1. The Balaban J connectivity index is 2.20. The zero-order chi connectivity index (χ0) is 16.3. The third kappa shape index (κ3) is 4.01. The van der Waals surface area contributed by atoms with Gasteiger partial charge in [0, 0.05) is 21.5 Å². The summed E-state index contributed by atoms with van der Waals surface area (Å²) in [5.74, 6) is -0.858. The highest BCUT2D eigenvalue weighted by Gasteiger charge is 2.13. The minimum absolute atomic E-state index is 0.0231. The van der Waals surface area contributed by atoms with Gasteiger partial charge in [0.1, 0.15) is 0 Å². The topological polar surface area (TPSA) is 105 Å². The van der Waals surface area contributed by atoms with Gasteiger partial charge < -0.3 is 10.4 Å². The minimum atomic E-state index is -0.858. The zero-order valence-electron chi connectivity index (χ0n) is 11.5. The Morgan fingerprint density at radius 1 is 1.55 bits per heavy atom. The number of nitro benzene ring substituents is 1. The number of carbonyl (C=O) groups is 1. The van der Waals surface area contributed by atoms with Crippen molar-refractivity contribution in [2.75, 3.05) is 5.32 Å². The molecule has 0 aliphatic rings. The molecule has 0 unspecified atom stereocenters. The fourth-order valence-electron chi connectivity index (χ4n) is 1.77. The largest absolute Gasteiger partial charge is 0.481 e. The van der Waals surface area contributed by atoms with E-state index in [0.29, 0.717) is 21.7 Å². The molecule has 0 saturated heterocycles. The molecule has 9 heteroatoms. The molecule has 7 nitrogen and oxygen atoms in total. The Morgan fingerprint density at radius 3 is 2.91 bits per heavy atom. The molecule has 1 aromatic carbocycles. The van der Waals surface area contributed by atoms with Gasteiger partial charge in [-0.05, 0) is 35.3 Å². The summed E-state index contributed by atoms with van der Waals surface area (Å²) in [6.45, 7) is 1.81. The van der Waals surface area contributed by atoms with Crippen molar-refractivity contribution < 1.29 is 14.8 Å². The number of aryl methyl sites for hydroxylation is 2. The van der Waals surface area contributed by atoms with Gasteiger partial charge in [-0.2, -0.15) is 0 Å². The standard InChI is InChI=1S/C13H12BrN3O4S/c1-7-11(4-5-12(18)19)22-13(15-7)16-10-6-8(17(20)21)2-3-9(10)14/h2-3,6H,4-5H2,1H3,(H,15,16)(H,18,19). The highest BCUT2D eigenvalue weighted by molar-refractivity contribution is 9.10. The third-order valence-corrected chi connectivity index (χ3v) is 4.69. The number of halogens is 1. The van der Waals surface area contributed by atoms with Crippen LogP contribution in [0.4, 0.5) is 16.5 Å². The molecule has 2 rings (SSSR count). The van der Waals surface area contributed by atoms with Gasteiger partial charge in [-0.1, -0.05) is 0 Å². The van der Waals surface area contributed by atoms with Crippen LogP contribution in [0.3, 0.4) is 0 Å². The predicted molar refractivity (Wildman–Crippen MR) is 86.9 cm³/mol. The van der Waals surface area contributed by atoms with Crippen LogP contribution in [0.25, 0.3) is 0 Å². The molecule has 0 fully saturated rings. The lowest BCUT2D eigenvalue weighted by molar-refractivity contribution is -0.384. The summed E-state index contributed by atoms with van der Waals surface area (Å²) >= 11 is 4.67. The Hall–Kier alpha value is -2.00. The summed E-state index contributed by atoms with van der Waals surface area (Å²) in [5.41, 5.74) is 1.27. The van der Waals surface area contributed by atoms with E-state index in [1.165, 1.54) is 23.5 Å². The van der Waals surface area contributed by atoms with Gasteiger partial charge >= 0.3 is 5.97 Å². The quantitative estimate of drug-likeness (QED) is 0.577. The molecular formula is C13H12BrN3O4S. The lowest BCUT2D eigenvalue weighted by Gasteiger charge is -2.04. The summed E-state index contributed by atoms with van der Waals surface area (Å²) < 4.78 is 0.679. The van der Waals surface area contributed by atoms with Gasteiger partial charge in [-0.15, -0.1) is 11.3 Å². The second-order valence-electron chi connectivity index (χ2n) is 4.47. The Labute approximate surface area is 138 Å². The van der Waals surface area contributed by atoms with Crippen LogP contribution < -0.4 is 5.32 Å². The molecule has 1 heterocycles. The molecule has 0 aliphatic carbocycles. The van der Waals surface area contributed by atoms with Crippen LogP contribution in [-0.4, -0.2) is 21.0 Å². The monoisotopic (exact) mass is 385 g/mol. The lowest BCUT2D eigenvalue weighted by Crippen LogP contribution is -1.96. The molecule has 0 spiro atoms. The number of hydrogen-bond acceptors (Lipinski definition) is 6. The highest BCUT2D eigenvalue weighted by atomic mass is 79.9. The first kappa shape index (κ1) is 16.4. The van der Waals surface area contributed by atoms with E-state index in [9.17, 15) is 14.9 Å². The number of carboxylic acids is 1. The fraction of sp³-hybridized carbons (Fsp3) is 0.231. The molecule has 2 N–H and O–H groups in total. The molecular weight excluding hydrogens is 374 g/mol. The average Bonchev–Trinajstić information content (AvgIpc) is 2.78. The molecule has 0 amide bonds. The maximum Gasteiger partial charge on any atom is 0.303 e. The van der Waals surface area contributed by atoms with Crippen molar-refractivity contribution in [1.29, 1.82) is 0 Å². The molecule has 0 saturated carbocycles. The van der Waals surface area contributed by atoms with Crippen molar-refractivity contribution in [3.05, 3.63) is 43.4 Å². The van der Waals surface area contributed by atoms with E-state index >= 15 is 0 Å². The molecule has 1 aromatic heterocycles. The van der Waals surface area contributed by atoms with Gasteiger partial charge in [0.05, 0.1) is 22.7 Å². The molecule has 0 radical (unpaired) electrons. The van der Waals surface area contributed by atoms with Gasteiger partial charge in [0.15, 0.2) is 5.13 Å². The molecule has 116 valence electrons. The number of anilines is 2. The maximum atomic E-state index is 10.8. The Morgan fingerprint density at radius 2 is 2.27 bits per heavy atom. The molecule has 0 atom stereocenters. The van der Waals surface area contributed by atoms with Gasteiger partial charge in [-0.3, -0.25) is 14.9 Å². The first-order valence-corrected chi connectivity index (χ1v) is 7.87. The van der Waals surface area contributed by atoms with Crippen molar-refractivity contribution in [1.82, 2.24) is 4.98 Å². The molecule has 2 aromatic rings. The summed E-state index contributed by atoms with van der Waals surface area (Å²) in [4.78, 5) is 26.2. The molecule has 0 bridgehead atoms. The third-order valence-electron chi connectivity index (χ3n) is 2.86. The lowest BCUT2D eigenvalue weighted by atomic mass is 10.2. The number of benzene rings is 1. The van der Waals surface area contributed by atoms with E-state index in [1.54, 1.807) is 13.0 Å². The smallest absolute Gasteiger partial charge is 0.303 e. The van der Waals surface area contributed by atoms with Crippen LogP contribution in [0.5, 0.6) is 0 Å². The van der Waals surface area contributed by atoms with Crippen molar-refractivity contribution >= 4 is 49.7 Å². The number of rotatable bonds is 6. The zero-order valence-corrected chi connectivity index (χ0v) is 13.9. The number of nitro groups is 1. The van der Waals surface area contributed by atoms with Crippen LogP contribution >= 0.6 is 27.3 Å². The van der Waals surface area contributed by atoms with Gasteiger partial charge in [0.25, 0.3) is 5.69 Å². The second kappa shape index (κ2) is 6.84. The van der Waals surface area contributed by atoms with E-state index in [2.05, 4.69) is 26.2 Å². The van der Waals surface area contributed by atoms with Crippen LogP contribution in [0.1, 0.15) is 17.0 Å². The first-order valence-electron chi connectivity index (χ1n) is 6.26.